The third-order valence-corrected chi connectivity index (χ3v) is 4.38. The Balaban J connectivity index is 1.98. The molecule has 1 aliphatic heterocycles. The normalized spacial score (nSPS) is 14.8. The molecule has 0 saturated carbocycles. The van der Waals surface area contributed by atoms with E-state index in [9.17, 15) is 9.90 Å². The largest absolute Gasteiger partial charge is 0.391 e. The Morgan fingerprint density at radius 1 is 1.40 bits per heavy atom. The lowest BCUT2D eigenvalue weighted by Crippen LogP contribution is -2.35. The van der Waals surface area contributed by atoms with Crippen LogP contribution in [-0.4, -0.2) is 50.1 Å². The predicted molar refractivity (Wildman–Crippen MR) is 94.8 cm³/mol. The van der Waals surface area contributed by atoms with Gasteiger partial charge < -0.3 is 15.3 Å². The van der Waals surface area contributed by atoms with Crippen LogP contribution in [0, 0.1) is 0 Å². The van der Waals surface area contributed by atoms with Crippen LogP contribution in [-0.2, 0) is 17.8 Å². The maximum atomic E-state index is 11.7. The van der Waals surface area contributed by atoms with Gasteiger partial charge in [-0.3, -0.25) is 9.78 Å². The van der Waals surface area contributed by atoms with Gasteiger partial charge in [0, 0.05) is 31.8 Å². The zero-order valence-corrected chi connectivity index (χ0v) is 14.6. The molecule has 0 radical (unpaired) electrons. The molecule has 2 aromatic rings. The molecule has 1 aliphatic rings. The molecular formula is C18H23N5O2. The number of nitrogens with zero attached hydrogens (tertiary/aromatic N) is 4. The highest BCUT2D eigenvalue weighted by Gasteiger charge is 2.24. The van der Waals surface area contributed by atoms with Gasteiger partial charge in [0.15, 0.2) is 5.82 Å². The topological polar surface area (TPSA) is 91.2 Å². The number of aliphatic hydroxyl groups excluding tert-OH is 1. The first kappa shape index (κ1) is 17.3. The second kappa shape index (κ2) is 7.57. The Kier molecular flexibility index (Phi) is 5.23. The van der Waals surface area contributed by atoms with E-state index in [1.807, 2.05) is 25.1 Å². The molecule has 0 bridgehead atoms. The van der Waals surface area contributed by atoms with Crippen LogP contribution in [0.5, 0.6) is 0 Å². The van der Waals surface area contributed by atoms with Gasteiger partial charge in [-0.2, -0.15) is 0 Å². The van der Waals surface area contributed by atoms with Crippen molar-refractivity contribution in [3.8, 4) is 11.5 Å². The van der Waals surface area contributed by atoms with Gasteiger partial charge in [-0.25, -0.2) is 9.97 Å². The standard InChI is InChI=1S/C18H23N5O2/c1-3-13(25)10-20-17-14-7-9-23(12(2)24)11-16(14)21-18(22-17)15-6-4-5-8-19-15/h4-6,8,13,25H,3,7,9-11H2,1-2H3,(H,20,21,22)/t13-/m0/s1. The van der Waals surface area contributed by atoms with Gasteiger partial charge in [-0.1, -0.05) is 13.0 Å². The Labute approximate surface area is 147 Å². The molecule has 0 aliphatic carbocycles. The number of carbonyl (C=O) groups excluding carboxylic acids is 1. The lowest BCUT2D eigenvalue weighted by Gasteiger charge is -2.28. The third kappa shape index (κ3) is 3.93. The monoisotopic (exact) mass is 341 g/mol. The first-order valence-electron chi connectivity index (χ1n) is 8.57. The van der Waals surface area contributed by atoms with Crippen LogP contribution in [0.4, 0.5) is 5.82 Å². The molecule has 2 aromatic heterocycles. The molecule has 7 heteroatoms. The Hall–Kier alpha value is -2.54. The number of rotatable bonds is 5. The zero-order chi connectivity index (χ0) is 17.8. The molecule has 1 atom stereocenters. The van der Waals surface area contributed by atoms with Gasteiger partial charge in [-0.15, -0.1) is 0 Å². The molecule has 7 nitrogen and oxygen atoms in total. The minimum Gasteiger partial charge on any atom is -0.391 e. The minimum absolute atomic E-state index is 0.0413. The summed E-state index contributed by atoms with van der Waals surface area (Å²) in [6.07, 6.45) is 2.64. The fraction of sp³-hybridized carbons (Fsp3) is 0.444. The van der Waals surface area contributed by atoms with E-state index in [4.69, 9.17) is 0 Å². The van der Waals surface area contributed by atoms with Gasteiger partial charge in [0.2, 0.25) is 5.91 Å². The summed E-state index contributed by atoms with van der Waals surface area (Å²) in [6.45, 7) is 5.06. The van der Waals surface area contributed by atoms with Crippen LogP contribution in [0.25, 0.3) is 11.5 Å². The third-order valence-electron chi connectivity index (χ3n) is 4.38. The second-order valence-corrected chi connectivity index (χ2v) is 6.17. The van der Waals surface area contributed by atoms with E-state index in [1.54, 1.807) is 18.0 Å². The number of carbonyl (C=O) groups is 1. The summed E-state index contributed by atoms with van der Waals surface area (Å²) >= 11 is 0. The average Bonchev–Trinajstić information content (AvgIpc) is 2.65. The molecule has 0 unspecified atom stereocenters. The smallest absolute Gasteiger partial charge is 0.219 e. The number of pyridine rings is 1. The van der Waals surface area contributed by atoms with Crippen LogP contribution in [0.2, 0.25) is 0 Å². The van der Waals surface area contributed by atoms with Crippen LogP contribution >= 0.6 is 0 Å². The number of hydrogen-bond donors (Lipinski definition) is 2. The maximum Gasteiger partial charge on any atom is 0.219 e. The molecule has 3 heterocycles. The van der Waals surface area contributed by atoms with Crippen molar-refractivity contribution in [3.63, 3.8) is 0 Å². The predicted octanol–water partition coefficient (Wildman–Crippen LogP) is 1.63. The number of fused-ring (bicyclic) bond motifs is 1. The van der Waals surface area contributed by atoms with Crippen molar-refractivity contribution < 1.29 is 9.90 Å². The number of amides is 1. The van der Waals surface area contributed by atoms with Gasteiger partial charge in [-0.05, 0) is 25.0 Å². The lowest BCUT2D eigenvalue weighted by molar-refractivity contribution is -0.129. The zero-order valence-electron chi connectivity index (χ0n) is 14.6. The number of aliphatic hydroxyl groups is 1. The lowest BCUT2D eigenvalue weighted by atomic mass is 10.0. The first-order chi connectivity index (χ1) is 12.1. The van der Waals surface area contributed by atoms with Crippen molar-refractivity contribution in [2.45, 2.75) is 39.3 Å². The quantitative estimate of drug-likeness (QED) is 0.859. The molecule has 132 valence electrons. The van der Waals surface area contributed by atoms with Crippen molar-refractivity contribution in [3.05, 3.63) is 35.7 Å². The van der Waals surface area contributed by atoms with Crippen molar-refractivity contribution in [1.82, 2.24) is 19.9 Å². The first-order valence-corrected chi connectivity index (χ1v) is 8.57. The fourth-order valence-corrected chi connectivity index (χ4v) is 2.81. The highest BCUT2D eigenvalue weighted by atomic mass is 16.3. The molecule has 0 fully saturated rings. The summed E-state index contributed by atoms with van der Waals surface area (Å²) in [6, 6.07) is 5.59. The Morgan fingerprint density at radius 3 is 2.92 bits per heavy atom. The fourth-order valence-electron chi connectivity index (χ4n) is 2.81. The van der Waals surface area contributed by atoms with E-state index >= 15 is 0 Å². The summed E-state index contributed by atoms with van der Waals surface area (Å²) < 4.78 is 0. The van der Waals surface area contributed by atoms with E-state index in [1.165, 1.54) is 0 Å². The van der Waals surface area contributed by atoms with Crippen molar-refractivity contribution in [2.75, 3.05) is 18.4 Å². The SMILES string of the molecule is CC[C@H](O)CNc1nc(-c2ccccn2)nc2c1CCN(C(C)=O)C2. The second-order valence-electron chi connectivity index (χ2n) is 6.17. The molecular weight excluding hydrogens is 318 g/mol. The van der Waals surface area contributed by atoms with Crippen LogP contribution in [0.1, 0.15) is 31.5 Å². The number of hydrogen-bond acceptors (Lipinski definition) is 6. The van der Waals surface area contributed by atoms with Crippen molar-refractivity contribution >= 4 is 11.7 Å². The molecule has 25 heavy (non-hydrogen) atoms. The van der Waals surface area contributed by atoms with E-state index in [-0.39, 0.29) is 5.91 Å². The average molecular weight is 341 g/mol. The highest BCUT2D eigenvalue weighted by Crippen LogP contribution is 2.26. The number of anilines is 1. The highest BCUT2D eigenvalue weighted by molar-refractivity contribution is 5.74. The van der Waals surface area contributed by atoms with Gasteiger partial charge in [0.1, 0.15) is 11.5 Å². The maximum absolute atomic E-state index is 11.7. The van der Waals surface area contributed by atoms with Gasteiger partial charge in [0.25, 0.3) is 0 Å². The Morgan fingerprint density at radius 2 is 2.24 bits per heavy atom. The van der Waals surface area contributed by atoms with E-state index in [2.05, 4.69) is 20.3 Å². The van der Waals surface area contributed by atoms with Gasteiger partial charge in [0.05, 0.1) is 18.3 Å². The number of nitrogens with one attached hydrogen (secondary N) is 1. The molecule has 0 aromatic carbocycles. The molecule has 1 amide bonds. The summed E-state index contributed by atoms with van der Waals surface area (Å²) in [5.74, 6) is 1.29. The summed E-state index contributed by atoms with van der Waals surface area (Å²) in [5, 5.41) is 13.1. The molecule has 3 rings (SSSR count). The van der Waals surface area contributed by atoms with Crippen molar-refractivity contribution in [2.24, 2.45) is 0 Å². The summed E-state index contributed by atoms with van der Waals surface area (Å²) in [5.41, 5.74) is 2.54. The van der Waals surface area contributed by atoms with Crippen LogP contribution in [0.3, 0.4) is 0 Å². The van der Waals surface area contributed by atoms with Crippen molar-refractivity contribution in [1.29, 1.82) is 0 Å². The number of aromatic nitrogens is 3. The van der Waals surface area contributed by atoms with E-state index < -0.39 is 6.10 Å². The summed E-state index contributed by atoms with van der Waals surface area (Å²) in [4.78, 5) is 27.1. The van der Waals surface area contributed by atoms with Gasteiger partial charge >= 0.3 is 0 Å². The van der Waals surface area contributed by atoms with Crippen LogP contribution < -0.4 is 5.32 Å². The summed E-state index contributed by atoms with van der Waals surface area (Å²) in [7, 11) is 0. The Bertz CT molecular complexity index is 751. The molecule has 0 saturated heterocycles. The van der Waals surface area contributed by atoms with Crippen LogP contribution in [0.15, 0.2) is 24.4 Å². The molecule has 2 N–H and O–H groups in total. The minimum atomic E-state index is -0.429. The van der Waals surface area contributed by atoms with E-state index in [0.29, 0.717) is 44.0 Å². The molecule has 0 spiro atoms. The van der Waals surface area contributed by atoms with E-state index in [0.717, 1.165) is 17.1 Å².